The number of aryl methyl sites for hydroxylation is 1. The monoisotopic (exact) mass is 201 g/mol. The van der Waals surface area contributed by atoms with E-state index >= 15 is 0 Å². The molecule has 3 nitrogen and oxygen atoms in total. The van der Waals surface area contributed by atoms with E-state index < -0.39 is 0 Å². The van der Waals surface area contributed by atoms with Crippen LogP contribution in [0.25, 0.3) is 0 Å². The molecule has 1 aromatic rings. The smallest absolute Gasteiger partial charge is 0.132 e. The highest BCUT2D eigenvalue weighted by Gasteiger charge is 2.00. The zero-order valence-electron chi connectivity index (χ0n) is 7.46. The number of hydrogen-bond acceptors (Lipinski definition) is 3. The highest BCUT2D eigenvalue weighted by atomic mass is 35.5. The van der Waals surface area contributed by atoms with Gasteiger partial charge in [-0.3, -0.25) is 0 Å². The Balaban J connectivity index is 2.59. The molecule has 0 atom stereocenters. The van der Waals surface area contributed by atoms with Gasteiger partial charge in [-0.05, 0) is 6.92 Å². The molecule has 0 amide bonds. The van der Waals surface area contributed by atoms with Crippen LogP contribution < -0.4 is 4.74 Å². The molecule has 1 rings (SSSR count). The van der Waals surface area contributed by atoms with Gasteiger partial charge in [0, 0.05) is 30.9 Å². The number of aromatic nitrogens is 1. The summed E-state index contributed by atoms with van der Waals surface area (Å²) >= 11 is 5.69. The fourth-order valence-electron chi connectivity index (χ4n) is 0.884. The van der Waals surface area contributed by atoms with Crippen molar-refractivity contribution in [1.82, 2.24) is 4.98 Å². The summed E-state index contributed by atoms with van der Waals surface area (Å²) in [5, 5.41) is 8.97. The largest absolute Gasteiger partial charge is 0.493 e. The lowest BCUT2D eigenvalue weighted by atomic mass is 10.3. The van der Waals surface area contributed by atoms with Gasteiger partial charge in [0.05, 0.1) is 6.61 Å². The molecule has 13 heavy (non-hydrogen) atoms. The molecule has 1 heterocycles. The number of nitrogens with zero attached hydrogens (tertiary/aromatic N) is 1. The molecule has 0 fully saturated rings. The molecular formula is C9H12ClNO2. The number of aliphatic hydroxyl groups is 1. The van der Waals surface area contributed by atoms with Crippen LogP contribution in [-0.4, -0.2) is 23.3 Å². The van der Waals surface area contributed by atoms with E-state index in [9.17, 15) is 0 Å². The standard InChI is InChI=1S/C9H12ClNO2/c1-7-6-11-9(10)5-8(7)13-4-2-3-12/h5-6,12H,2-4H2,1H3. The predicted molar refractivity (Wildman–Crippen MR) is 51.2 cm³/mol. The second-order valence-corrected chi connectivity index (χ2v) is 3.09. The molecule has 0 radical (unpaired) electrons. The summed E-state index contributed by atoms with van der Waals surface area (Å²) in [6.07, 6.45) is 2.29. The van der Waals surface area contributed by atoms with Crippen molar-refractivity contribution in [2.45, 2.75) is 13.3 Å². The fourth-order valence-corrected chi connectivity index (χ4v) is 1.03. The summed E-state index contributed by atoms with van der Waals surface area (Å²) in [6.45, 7) is 2.53. The highest BCUT2D eigenvalue weighted by molar-refractivity contribution is 6.29. The Hall–Kier alpha value is -0.800. The molecule has 4 heteroatoms. The fraction of sp³-hybridized carbons (Fsp3) is 0.444. The Morgan fingerprint density at radius 1 is 1.62 bits per heavy atom. The Kier molecular flexibility index (Phi) is 3.99. The van der Waals surface area contributed by atoms with Gasteiger partial charge in [-0.25, -0.2) is 4.98 Å². The molecule has 0 spiro atoms. The first-order valence-electron chi connectivity index (χ1n) is 4.10. The third kappa shape index (κ3) is 3.20. The van der Waals surface area contributed by atoms with E-state index in [1.54, 1.807) is 12.3 Å². The van der Waals surface area contributed by atoms with Crippen LogP contribution in [0.3, 0.4) is 0 Å². The van der Waals surface area contributed by atoms with Crippen molar-refractivity contribution < 1.29 is 9.84 Å². The van der Waals surface area contributed by atoms with Crippen LogP contribution in [0.15, 0.2) is 12.3 Å². The van der Waals surface area contributed by atoms with Gasteiger partial charge in [0.1, 0.15) is 10.9 Å². The van der Waals surface area contributed by atoms with Crippen LogP contribution in [-0.2, 0) is 0 Å². The number of halogens is 1. The molecule has 0 aliphatic carbocycles. The number of rotatable bonds is 4. The van der Waals surface area contributed by atoms with Gasteiger partial charge in [-0.15, -0.1) is 0 Å². The van der Waals surface area contributed by atoms with E-state index in [1.165, 1.54) is 0 Å². The molecular weight excluding hydrogens is 190 g/mol. The van der Waals surface area contributed by atoms with Crippen molar-refractivity contribution in [3.8, 4) is 5.75 Å². The van der Waals surface area contributed by atoms with Gasteiger partial charge in [0.2, 0.25) is 0 Å². The maximum Gasteiger partial charge on any atom is 0.132 e. The van der Waals surface area contributed by atoms with Crippen molar-refractivity contribution in [3.05, 3.63) is 23.0 Å². The summed E-state index contributed by atoms with van der Waals surface area (Å²) in [7, 11) is 0. The second-order valence-electron chi connectivity index (χ2n) is 2.70. The Bertz CT molecular complexity index is 278. The first kappa shape index (κ1) is 10.3. The molecule has 1 aromatic heterocycles. The van der Waals surface area contributed by atoms with Gasteiger partial charge in [0.25, 0.3) is 0 Å². The molecule has 0 saturated carbocycles. The molecule has 0 unspecified atom stereocenters. The Morgan fingerprint density at radius 3 is 3.08 bits per heavy atom. The molecule has 0 saturated heterocycles. The Labute approximate surface area is 82.3 Å². The summed E-state index contributed by atoms with van der Waals surface area (Å²) < 4.78 is 5.37. The third-order valence-electron chi connectivity index (χ3n) is 1.58. The summed E-state index contributed by atoms with van der Waals surface area (Å²) in [4.78, 5) is 3.90. The van der Waals surface area contributed by atoms with Crippen LogP contribution in [0.2, 0.25) is 5.15 Å². The van der Waals surface area contributed by atoms with Crippen molar-refractivity contribution in [3.63, 3.8) is 0 Å². The Morgan fingerprint density at radius 2 is 2.38 bits per heavy atom. The first-order chi connectivity index (χ1) is 6.24. The summed E-state index contributed by atoms with van der Waals surface area (Å²) in [5.41, 5.74) is 0.947. The van der Waals surface area contributed by atoms with E-state index in [-0.39, 0.29) is 6.61 Å². The van der Waals surface area contributed by atoms with Crippen LogP contribution in [0.1, 0.15) is 12.0 Å². The molecule has 0 aliphatic rings. The maximum atomic E-state index is 8.55. The topological polar surface area (TPSA) is 42.4 Å². The number of aliphatic hydroxyl groups excluding tert-OH is 1. The van der Waals surface area contributed by atoms with Gasteiger partial charge in [0.15, 0.2) is 0 Å². The van der Waals surface area contributed by atoms with Crippen LogP contribution in [0.4, 0.5) is 0 Å². The van der Waals surface area contributed by atoms with E-state index in [1.807, 2.05) is 6.92 Å². The van der Waals surface area contributed by atoms with Crippen molar-refractivity contribution in [2.75, 3.05) is 13.2 Å². The summed E-state index contributed by atoms with van der Waals surface area (Å²) in [6, 6.07) is 1.67. The van der Waals surface area contributed by atoms with Gasteiger partial charge in [-0.2, -0.15) is 0 Å². The number of ether oxygens (including phenoxy) is 1. The normalized spacial score (nSPS) is 10.1. The van der Waals surface area contributed by atoms with E-state index in [0.29, 0.717) is 18.2 Å². The summed E-state index contributed by atoms with van der Waals surface area (Å²) in [5.74, 6) is 0.730. The molecule has 0 bridgehead atoms. The minimum atomic E-state index is 0.137. The van der Waals surface area contributed by atoms with Crippen LogP contribution in [0.5, 0.6) is 5.75 Å². The van der Waals surface area contributed by atoms with E-state index in [4.69, 9.17) is 21.4 Å². The molecule has 1 N–H and O–H groups in total. The lowest BCUT2D eigenvalue weighted by Gasteiger charge is -2.07. The van der Waals surface area contributed by atoms with Crippen molar-refractivity contribution in [2.24, 2.45) is 0 Å². The molecule has 72 valence electrons. The van der Waals surface area contributed by atoms with Crippen molar-refractivity contribution in [1.29, 1.82) is 0 Å². The zero-order valence-corrected chi connectivity index (χ0v) is 8.21. The van der Waals surface area contributed by atoms with Gasteiger partial charge >= 0.3 is 0 Å². The second kappa shape index (κ2) is 5.04. The predicted octanol–water partition coefficient (Wildman–Crippen LogP) is 1.80. The number of pyridine rings is 1. The molecule has 0 aliphatic heterocycles. The quantitative estimate of drug-likeness (QED) is 0.597. The van der Waals surface area contributed by atoms with Crippen molar-refractivity contribution >= 4 is 11.6 Å². The zero-order chi connectivity index (χ0) is 9.68. The average Bonchev–Trinajstić information content (AvgIpc) is 2.11. The number of hydrogen-bond donors (Lipinski definition) is 1. The lowest BCUT2D eigenvalue weighted by Crippen LogP contribution is -2.01. The SMILES string of the molecule is Cc1cnc(Cl)cc1OCCCO. The average molecular weight is 202 g/mol. The third-order valence-corrected chi connectivity index (χ3v) is 1.79. The van der Waals surface area contributed by atoms with Gasteiger partial charge < -0.3 is 9.84 Å². The lowest BCUT2D eigenvalue weighted by molar-refractivity contribution is 0.233. The van der Waals surface area contributed by atoms with Gasteiger partial charge in [-0.1, -0.05) is 11.6 Å². The molecule has 0 aromatic carbocycles. The first-order valence-corrected chi connectivity index (χ1v) is 4.47. The maximum absolute atomic E-state index is 8.55. The van der Waals surface area contributed by atoms with Crippen LogP contribution >= 0.6 is 11.6 Å². The minimum absolute atomic E-state index is 0.137. The van der Waals surface area contributed by atoms with E-state index in [0.717, 1.165) is 11.3 Å². The van der Waals surface area contributed by atoms with E-state index in [2.05, 4.69) is 4.98 Å². The van der Waals surface area contributed by atoms with Crippen LogP contribution in [0, 0.1) is 6.92 Å². The minimum Gasteiger partial charge on any atom is -0.493 e. The highest BCUT2D eigenvalue weighted by Crippen LogP contribution is 2.19.